The fourth-order valence-corrected chi connectivity index (χ4v) is 4.37. The highest BCUT2D eigenvalue weighted by Crippen LogP contribution is 2.33. The van der Waals surface area contributed by atoms with E-state index in [4.69, 9.17) is 9.47 Å². The molecule has 0 fully saturated rings. The number of sulfone groups is 1. The fourth-order valence-electron chi connectivity index (χ4n) is 2.88. The molecule has 1 N–H and O–H groups in total. The van der Waals surface area contributed by atoms with E-state index in [0.717, 1.165) is 16.8 Å². The van der Waals surface area contributed by atoms with Crippen LogP contribution in [0.5, 0.6) is 11.5 Å². The molecule has 0 aliphatic rings. The van der Waals surface area contributed by atoms with Gasteiger partial charge in [-0.15, -0.1) is 0 Å². The highest BCUT2D eigenvalue weighted by Gasteiger charge is 2.25. The molecule has 0 bridgehead atoms. The third-order valence-electron chi connectivity index (χ3n) is 4.53. The maximum absolute atomic E-state index is 12.6. The summed E-state index contributed by atoms with van der Waals surface area (Å²) in [5.74, 6) is 0.176. The van der Waals surface area contributed by atoms with Crippen LogP contribution in [0.2, 0.25) is 0 Å². The van der Waals surface area contributed by atoms with E-state index >= 15 is 0 Å². The number of hydrogen-bond acceptors (Lipinski definition) is 7. The summed E-state index contributed by atoms with van der Waals surface area (Å²) in [5, 5.41) is 2.73. The molecule has 0 aliphatic heterocycles. The van der Waals surface area contributed by atoms with Crippen molar-refractivity contribution in [2.24, 2.45) is 0 Å². The second-order valence-electron chi connectivity index (χ2n) is 6.94. The monoisotopic (exact) mass is 470 g/mol. The third-order valence-corrected chi connectivity index (χ3v) is 6.78. The second kappa shape index (κ2) is 9.56. The van der Waals surface area contributed by atoms with Gasteiger partial charge in [0.15, 0.2) is 9.84 Å². The maximum atomic E-state index is 12.6. The fraction of sp³-hybridized carbons (Fsp3) is 0.350. The summed E-state index contributed by atoms with van der Waals surface area (Å²) in [4.78, 5) is 12.8. The standard InChI is InChI=1S/C20H26N2O7S2/c1-14(15-6-9-17(10-7-15)30(4,24)25)21-20(23)13-22(31(5,26)27)18-11-8-16(28-2)12-19(18)29-3/h6-12,14H,13H2,1-5H3,(H,21,23). The number of anilines is 1. The molecule has 1 atom stereocenters. The third kappa shape index (κ3) is 6.34. The summed E-state index contributed by atoms with van der Waals surface area (Å²) < 4.78 is 59.3. The smallest absolute Gasteiger partial charge is 0.241 e. The van der Waals surface area contributed by atoms with Gasteiger partial charge in [0.25, 0.3) is 0 Å². The molecule has 2 rings (SSSR count). The molecule has 0 spiro atoms. The van der Waals surface area contributed by atoms with Gasteiger partial charge in [0.05, 0.1) is 37.1 Å². The molecular formula is C20H26N2O7S2. The van der Waals surface area contributed by atoms with E-state index in [-0.39, 0.29) is 16.3 Å². The number of ether oxygens (including phenoxy) is 2. The lowest BCUT2D eigenvalue weighted by Crippen LogP contribution is -2.41. The Hall–Kier alpha value is -2.79. The second-order valence-corrected chi connectivity index (χ2v) is 10.9. The molecule has 2 aromatic rings. The number of carbonyl (C=O) groups is 1. The van der Waals surface area contributed by atoms with E-state index in [1.807, 2.05) is 0 Å². The van der Waals surface area contributed by atoms with Gasteiger partial charge in [0.1, 0.15) is 18.0 Å². The summed E-state index contributed by atoms with van der Waals surface area (Å²) in [6.45, 7) is 1.25. The molecule has 0 aromatic heterocycles. The van der Waals surface area contributed by atoms with Crippen molar-refractivity contribution in [1.82, 2.24) is 5.32 Å². The van der Waals surface area contributed by atoms with Crippen molar-refractivity contribution in [3.8, 4) is 11.5 Å². The first-order valence-corrected chi connectivity index (χ1v) is 12.9. The summed E-state index contributed by atoms with van der Waals surface area (Å²) in [7, 11) is -4.26. The van der Waals surface area contributed by atoms with Gasteiger partial charge < -0.3 is 14.8 Å². The lowest BCUT2D eigenvalue weighted by molar-refractivity contribution is -0.120. The van der Waals surface area contributed by atoms with E-state index in [1.165, 1.54) is 38.5 Å². The summed E-state index contributed by atoms with van der Waals surface area (Å²) in [6, 6.07) is 10.2. The van der Waals surface area contributed by atoms with Gasteiger partial charge in [-0.1, -0.05) is 12.1 Å². The first kappa shape index (κ1) is 24.5. The molecule has 0 aliphatic carbocycles. The molecular weight excluding hydrogens is 444 g/mol. The zero-order valence-corrected chi connectivity index (χ0v) is 19.6. The Balaban J connectivity index is 2.22. The van der Waals surface area contributed by atoms with Crippen LogP contribution < -0.4 is 19.1 Å². The Morgan fingerprint density at radius 2 is 1.61 bits per heavy atom. The Morgan fingerprint density at radius 1 is 1.00 bits per heavy atom. The molecule has 170 valence electrons. The van der Waals surface area contributed by atoms with Gasteiger partial charge in [0, 0.05) is 12.3 Å². The Labute approximate surface area is 182 Å². The first-order valence-electron chi connectivity index (χ1n) is 9.16. The number of carbonyl (C=O) groups excluding carboxylic acids is 1. The number of amides is 1. The van der Waals surface area contributed by atoms with Gasteiger partial charge >= 0.3 is 0 Å². The van der Waals surface area contributed by atoms with Crippen LogP contribution in [-0.4, -0.2) is 56.0 Å². The summed E-state index contributed by atoms with van der Waals surface area (Å²) in [6.07, 6.45) is 2.11. The molecule has 0 saturated heterocycles. The number of rotatable bonds is 9. The molecule has 11 heteroatoms. The average molecular weight is 471 g/mol. The van der Waals surface area contributed by atoms with Crippen LogP contribution in [0.4, 0.5) is 5.69 Å². The quantitative estimate of drug-likeness (QED) is 0.593. The zero-order valence-electron chi connectivity index (χ0n) is 17.9. The van der Waals surface area contributed by atoms with Crippen molar-refractivity contribution in [1.29, 1.82) is 0 Å². The largest absolute Gasteiger partial charge is 0.497 e. The first-order chi connectivity index (χ1) is 14.4. The van der Waals surface area contributed by atoms with Gasteiger partial charge in [-0.05, 0) is 36.8 Å². The highest BCUT2D eigenvalue weighted by atomic mass is 32.2. The minimum atomic E-state index is -3.80. The van der Waals surface area contributed by atoms with Gasteiger partial charge in [-0.2, -0.15) is 0 Å². The van der Waals surface area contributed by atoms with Crippen LogP contribution >= 0.6 is 0 Å². The van der Waals surface area contributed by atoms with Crippen LogP contribution in [0.25, 0.3) is 0 Å². The SMILES string of the molecule is COc1ccc(N(CC(=O)NC(C)c2ccc(S(C)(=O)=O)cc2)S(C)(=O)=O)c(OC)c1. The molecule has 31 heavy (non-hydrogen) atoms. The van der Waals surface area contributed by atoms with Crippen LogP contribution in [0.3, 0.4) is 0 Å². The molecule has 2 aromatic carbocycles. The number of nitrogens with zero attached hydrogens (tertiary/aromatic N) is 1. The van der Waals surface area contributed by atoms with Crippen LogP contribution in [0.1, 0.15) is 18.5 Å². The Morgan fingerprint density at radius 3 is 2.10 bits per heavy atom. The van der Waals surface area contributed by atoms with Crippen molar-refractivity contribution in [2.75, 3.05) is 37.6 Å². The van der Waals surface area contributed by atoms with E-state index in [2.05, 4.69) is 5.32 Å². The van der Waals surface area contributed by atoms with Crippen molar-refractivity contribution in [3.63, 3.8) is 0 Å². The zero-order chi connectivity index (χ0) is 23.4. The highest BCUT2D eigenvalue weighted by molar-refractivity contribution is 7.92. The lowest BCUT2D eigenvalue weighted by Gasteiger charge is -2.25. The number of sulfonamides is 1. The number of benzene rings is 2. The average Bonchev–Trinajstić information content (AvgIpc) is 2.70. The van der Waals surface area contributed by atoms with Gasteiger partial charge in [-0.3, -0.25) is 9.10 Å². The van der Waals surface area contributed by atoms with Crippen molar-refractivity contribution in [2.45, 2.75) is 17.9 Å². The molecule has 1 amide bonds. The summed E-state index contributed by atoms with van der Waals surface area (Å²) >= 11 is 0. The van der Waals surface area contributed by atoms with Crippen LogP contribution in [-0.2, 0) is 24.7 Å². The van der Waals surface area contributed by atoms with Crippen LogP contribution in [0.15, 0.2) is 47.4 Å². The predicted octanol–water partition coefficient (Wildman–Crippen LogP) is 1.75. The lowest BCUT2D eigenvalue weighted by atomic mass is 10.1. The van der Waals surface area contributed by atoms with E-state index in [9.17, 15) is 21.6 Å². The number of hydrogen-bond donors (Lipinski definition) is 1. The summed E-state index contributed by atoms with van der Waals surface area (Å²) in [5.41, 5.74) is 0.875. The van der Waals surface area contributed by atoms with Gasteiger partial charge in [0.2, 0.25) is 15.9 Å². The van der Waals surface area contributed by atoms with Crippen molar-refractivity contribution < 1.29 is 31.1 Å². The minimum absolute atomic E-state index is 0.171. The normalized spacial score (nSPS) is 12.7. The molecule has 0 radical (unpaired) electrons. The molecule has 0 heterocycles. The maximum Gasteiger partial charge on any atom is 0.241 e. The van der Waals surface area contributed by atoms with E-state index in [0.29, 0.717) is 11.3 Å². The molecule has 9 nitrogen and oxygen atoms in total. The van der Waals surface area contributed by atoms with Crippen LogP contribution in [0, 0.1) is 0 Å². The minimum Gasteiger partial charge on any atom is -0.497 e. The predicted molar refractivity (Wildman–Crippen MR) is 118 cm³/mol. The number of nitrogens with one attached hydrogen (secondary N) is 1. The Bertz CT molecular complexity index is 1140. The topological polar surface area (TPSA) is 119 Å². The van der Waals surface area contributed by atoms with Crippen molar-refractivity contribution >= 4 is 31.5 Å². The van der Waals surface area contributed by atoms with E-state index in [1.54, 1.807) is 25.1 Å². The number of methoxy groups -OCH3 is 2. The molecule has 1 unspecified atom stereocenters. The van der Waals surface area contributed by atoms with Crippen molar-refractivity contribution in [3.05, 3.63) is 48.0 Å². The molecule has 0 saturated carbocycles. The van der Waals surface area contributed by atoms with Gasteiger partial charge in [-0.25, -0.2) is 16.8 Å². The van der Waals surface area contributed by atoms with E-state index < -0.39 is 38.4 Å². The Kier molecular flexibility index (Phi) is 7.55.